The van der Waals surface area contributed by atoms with Gasteiger partial charge in [-0.25, -0.2) is 9.37 Å². The van der Waals surface area contributed by atoms with E-state index < -0.39 is 5.82 Å². The molecule has 1 aromatic carbocycles. The Balaban J connectivity index is 2.33. The Kier molecular flexibility index (Phi) is 4.17. The molecule has 0 radical (unpaired) electrons. The Labute approximate surface area is 109 Å². The molecule has 94 valence electrons. The van der Waals surface area contributed by atoms with Crippen molar-refractivity contribution in [2.75, 3.05) is 6.26 Å². The third kappa shape index (κ3) is 2.80. The van der Waals surface area contributed by atoms with Crippen LogP contribution in [0.3, 0.4) is 0 Å². The molecule has 1 aromatic heterocycles. The van der Waals surface area contributed by atoms with Gasteiger partial charge in [0.25, 0.3) is 0 Å². The number of thioether (sulfide) groups is 1. The first-order valence-corrected chi connectivity index (χ1v) is 6.53. The minimum absolute atomic E-state index is 0.223. The fraction of sp³-hybridized carbons (Fsp3) is 0.154. The van der Waals surface area contributed by atoms with Crippen LogP contribution < -0.4 is 4.74 Å². The highest BCUT2D eigenvalue weighted by molar-refractivity contribution is 7.98. The van der Waals surface area contributed by atoms with Gasteiger partial charge >= 0.3 is 0 Å². The number of aromatic nitrogens is 1. The van der Waals surface area contributed by atoms with E-state index in [1.165, 1.54) is 6.07 Å². The van der Waals surface area contributed by atoms with Crippen molar-refractivity contribution in [1.82, 2.24) is 4.98 Å². The van der Waals surface area contributed by atoms with Gasteiger partial charge in [0.1, 0.15) is 11.6 Å². The summed E-state index contributed by atoms with van der Waals surface area (Å²) in [6, 6.07) is 8.69. The molecule has 18 heavy (non-hydrogen) atoms. The molecule has 0 unspecified atom stereocenters. The van der Waals surface area contributed by atoms with Gasteiger partial charge in [0.2, 0.25) is 5.88 Å². The van der Waals surface area contributed by atoms with Gasteiger partial charge < -0.3 is 9.84 Å². The summed E-state index contributed by atoms with van der Waals surface area (Å²) in [4.78, 5) is 4.80. The van der Waals surface area contributed by atoms with E-state index >= 15 is 0 Å². The molecule has 3 nitrogen and oxygen atoms in total. The van der Waals surface area contributed by atoms with Gasteiger partial charge in [-0.05, 0) is 24.5 Å². The zero-order valence-corrected chi connectivity index (χ0v) is 10.6. The fourth-order valence-corrected chi connectivity index (χ4v) is 2.01. The molecule has 0 aliphatic carbocycles. The molecule has 0 fully saturated rings. The van der Waals surface area contributed by atoms with Crippen molar-refractivity contribution in [3.63, 3.8) is 0 Å². The summed E-state index contributed by atoms with van der Waals surface area (Å²) < 4.78 is 18.6. The summed E-state index contributed by atoms with van der Waals surface area (Å²) in [7, 11) is 0. The van der Waals surface area contributed by atoms with E-state index in [1.807, 2.05) is 24.5 Å². The first-order chi connectivity index (χ1) is 8.74. The quantitative estimate of drug-likeness (QED) is 0.862. The van der Waals surface area contributed by atoms with Crippen LogP contribution in [0.4, 0.5) is 4.39 Å². The zero-order chi connectivity index (χ0) is 13.0. The minimum Gasteiger partial charge on any atom is -0.437 e. The van der Waals surface area contributed by atoms with Crippen LogP contribution in [0, 0.1) is 5.82 Å². The number of halogens is 1. The van der Waals surface area contributed by atoms with Crippen LogP contribution in [0.15, 0.2) is 41.4 Å². The number of rotatable bonds is 4. The first kappa shape index (κ1) is 12.9. The van der Waals surface area contributed by atoms with Gasteiger partial charge in [0.15, 0.2) is 0 Å². The maximum Gasteiger partial charge on any atom is 0.224 e. The number of para-hydroxylation sites is 1. The van der Waals surface area contributed by atoms with Crippen LogP contribution in [0.25, 0.3) is 0 Å². The van der Waals surface area contributed by atoms with Crippen molar-refractivity contribution in [1.29, 1.82) is 0 Å². The van der Waals surface area contributed by atoms with E-state index in [-0.39, 0.29) is 12.5 Å². The second kappa shape index (κ2) is 5.84. The van der Waals surface area contributed by atoms with Crippen molar-refractivity contribution in [3.05, 3.63) is 47.9 Å². The number of aliphatic hydroxyl groups is 1. The highest BCUT2D eigenvalue weighted by Crippen LogP contribution is 2.31. The molecule has 0 saturated carbocycles. The highest BCUT2D eigenvalue weighted by Gasteiger charge is 2.09. The topological polar surface area (TPSA) is 42.4 Å². The van der Waals surface area contributed by atoms with E-state index in [9.17, 15) is 4.39 Å². The lowest BCUT2D eigenvalue weighted by molar-refractivity contribution is 0.273. The van der Waals surface area contributed by atoms with Crippen LogP contribution in [-0.2, 0) is 6.61 Å². The predicted octanol–water partition coefficient (Wildman–Crippen LogP) is 3.23. The molecule has 1 heterocycles. The Morgan fingerprint density at radius 2 is 2.17 bits per heavy atom. The van der Waals surface area contributed by atoms with Crippen LogP contribution in [0.5, 0.6) is 11.6 Å². The molecule has 0 spiro atoms. The molecule has 1 N–H and O–H groups in total. The maximum atomic E-state index is 13.0. The summed E-state index contributed by atoms with van der Waals surface area (Å²) >= 11 is 1.54. The molecule has 0 amide bonds. The van der Waals surface area contributed by atoms with E-state index in [0.717, 1.165) is 11.1 Å². The summed E-state index contributed by atoms with van der Waals surface area (Å²) in [5.41, 5.74) is 0.325. The number of pyridine rings is 1. The van der Waals surface area contributed by atoms with Crippen molar-refractivity contribution in [3.8, 4) is 11.6 Å². The van der Waals surface area contributed by atoms with Crippen molar-refractivity contribution < 1.29 is 14.2 Å². The average Bonchev–Trinajstić information content (AvgIpc) is 2.41. The molecular formula is C13H12FNO2S. The monoisotopic (exact) mass is 265 g/mol. The zero-order valence-electron chi connectivity index (χ0n) is 9.76. The first-order valence-electron chi connectivity index (χ1n) is 5.30. The van der Waals surface area contributed by atoms with E-state index in [2.05, 4.69) is 4.98 Å². The Hall–Kier alpha value is -1.59. The third-order valence-electron chi connectivity index (χ3n) is 2.34. The highest BCUT2D eigenvalue weighted by atomic mass is 32.2. The summed E-state index contributed by atoms with van der Waals surface area (Å²) in [6.07, 6.45) is 3.00. The van der Waals surface area contributed by atoms with E-state index in [0.29, 0.717) is 11.3 Å². The largest absolute Gasteiger partial charge is 0.437 e. The predicted molar refractivity (Wildman–Crippen MR) is 68.4 cm³/mol. The van der Waals surface area contributed by atoms with E-state index in [1.54, 1.807) is 17.8 Å². The lowest BCUT2D eigenvalue weighted by atomic mass is 10.3. The summed E-state index contributed by atoms with van der Waals surface area (Å²) in [5.74, 6) is 0.365. The van der Waals surface area contributed by atoms with Crippen LogP contribution in [0.1, 0.15) is 5.56 Å². The van der Waals surface area contributed by atoms with Gasteiger partial charge in [0, 0.05) is 10.5 Å². The second-order valence-corrected chi connectivity index (χ2v) is 4.38. The van der Waals surface area contributed by atoms with Gasteiger partial charge in [-0.3, -0.25) is 0 Å². The van der Waals surface area contributed by atoms with Gasteiger partial charge in [0.05, 0.1) is 12.8 Å². The molecule has 0 saturated heterocycles. The maximum absolute atomic E-state index is 13.0. The van der Waals surface area contributed by atoms with Crippen molar-refractivity contribution >= 4 is 11.8 Å². The van der Waals surface area contributed by atoms with Crippen molar-refractivity contribution in [2.45, 2.75) is 11.5 Å². The number of aliphatic hydroxyl groups excluding tert-OH is 1. The Morgan fingerprint density at radius 1 is 1.39 bits per heavy atom. The van der Waals surface area contributed by atoms with Gasteiger partial charge in [-0.2, -0.15) is 0 Å². The number of benzene rings is 1. The Bertz CT molecular complexity index is 548. The standard InChI is InChI=1S/C13H12FNO2S/c1-18-12-5-3-2-4-11(12)17-13-9(8-16)6-10(14)7-15-13/h2-7,16H,8H2,1H3. The van der Waals surface area contributed by atoms with Crippen LogP contribution in [-0.4, -0.2) is 16.3 Å². The SMILES string of the molecule is CSc1ccccc1Oc1ncc(F)cc1CO. The number of hydrogen-bond donors (Lipinski definition) is 1. The van der Waals surface area contributed by atoms with Gasteiger partial charge in [-0.1, -0.05) is 12.1 Å². The minimum atomic E-state index is -0.496. The average molecular weight is 265 g/mol. The Morgan fingerprint density at radius 3 is 2.89 bits per heavy atom. The van der Waals surface area contributed by atoms with Crippen LogP contribution >= 0.6 is 11.8 Å². The van der Waals surface area contributed by atoms with Crippen LogP contribution in [0.2, 0.25) is 0 Å². The molecular weight excluding hydrogens is 253 g/mol. The lowest BCUT2D eigenvalue weighted by Crippen LogP contribution is -1.96. The van der Waals surface area contributed by atoms with Crippen molar-refractivity contribution in [2.24, 2.45) is 0 Å². The number of nitrogens with zero attached hydrogens (tertiary/aromatic N) is 1. The summed E-state index contributed by atoms with van der Waals surface area (Å²) in [5, 5.41) is 9.16. The normalized spacial score (nSPS) is 10.4. The third-order valence-corrected chi connectivity index (χ3v) is 3.12. The molecule has 0 aliphatic heterocycles. The number of hydrogen-bond acceptors (Lipinski definition) is 4. The number of ether oxygens (including phenoxy) is 1. The molecule has 0 atom stereocenters. The lowest BCUT2D eigenvalue weighted by Gasteiger charge is -2.11. The molecule has 0 aliphatic rings. The fourth-order valence-electron chi connectivity index (χ4n) is 1.48. The second-order valence-electron chi connectivity index (χ2n) is 3.53. The molecule has 2 rings (SSSR count). The summed E-state index contributed by atoms with van der Waals surface area (Å²) in [6.45, 7) is -0.318. The molecule has 5 heteroatoms. The smallest absolute Gasteiger partial charge is 0.224 e. The molecule has 2 aromatic rings. The van der Waals surface area contributed by atoms with Gasteiger partial charge in [-0.15, -0.1) is 11.8 Å². The van der Waals surface area contributed by atoms with E-state index in [4.69, 9.17) is 9.84 Å². The molecule has 0 bridgehead atoms.